The second kappa shape index (κ2) is 5.66. The quantitative estimate of drug-likeness (QED) is 0.826. The molecule has 0 aliphatic rings. The lowest BCUT2D eigenvalue weighted by molar-refractivity contribution is 0.102. The third-order valence-corrected chi connectivity index (χ3v) is 3.43. The van der Waals surface area contributed by atoms with Crippen molar-refractivity contribution in [2.24, 2.45) is 0 Å². The minimum Gasteiger partial charge on any atom is -0.383 e. The largest absolute Gasteiger partial charge is 0.383 e. The summed E-state index contributed by atoms with van der Waals surface area (Å²) in [6.45, 7) is 0. The van der Waals surface area contributed by atoms with Crippen LogP contribution in [0.5, 0.6) is 0 Å². The van der Waals surface area contributed by atoms with Crippen LogP contribution < -0.4 is 11.1 Å². The standard InChI is InChI=1S/C12H8Br2FN3O/c13-6-4-7(11(16)17-5-6)12(19)18-10-8(14)2-1-3-9(10)15/h1-5H,(H2,16,17)(H,18,19). The van der Waals surface area contributed by atoms with Gasteiger partial charge in [-0.25, -0.2) is 9.37 Å². The first-order chi connectivity index (χ1) is 8.99. The summed E-state index contributed by atoms with van der Waals surface area (Å²) < 4.78 is 14.7. The summed E-state index contributed by atoms with van der Waals surface area (Å²) >= 11 is 6.37. The monoisotopic (exact) mass is 387 g/mol. The van der Waals surface area contributed by atoms with E-state index >= 15 is 0 Å². The van der Waals surface area contributed by atoms with E-state index < -0.39 is 11.7 Å². The van der Waals surface area contributed by atoms with Gasteiger partial charge in [0.2, 0.25) is 0 Å². The number of rotatable bonds is 2. The maximum absolute atomic E-state index is 13.6. The molecule has 0 saturated carbocycles. The van der Waals surface area contributed by atoms with Crippen molar-refractivity contribution in [3.63, 3.8) is 0 Å². The molecule has 0 bridgehead atoms. The fraction of sp³-hybridized carbons (Fsp3) is 0. The van der Waals surface area contributed by atoms with Crippen LogP contribution in [0.2, 0.25) is 0 Å². The molecular weight excluding hydrogens is 381 g/mol. The fourth-order valence-corrected chi connectivity index (χ4v) is 2.20. The SMILES string of the molecule is Nc1ncc(Br)cc1C(=O)Nc1c(F)cccc1Br. The lowest BCUT2D eigenvalue weighted by Crippen LogP contribution is -2.16. The van der Waals surface area contributed by atoms with E-state index in [4.69, 9.17) is 5.73 Å². The van der Waals surface area contributed by atoms with Gasteiger partial charge in [0, 0.05) is 15.1 Å². The van der Waals surface area contributed by atoms with Crippen LogP contribution in [0.3, 0.4) is 0 Å². The Balaban J connectivity index is 2.34. The molecule has 1 amide bonds. The van der Waals surface area contributed by atoms with Crippen LogP contribution in [-0.4, -0.2) is 10.9 Å². The zero-order valence-corrected chi connectivity index (χ0v) is 12.6. The molecule has 1 aromatic carbocycles. The zero-order chi connectivity index (χ0) is 14.0. The predicted molar refractivity (Wildman–Crippen MR) is 78.4 cm³/mol. The summed E-state index contributed by atoms with van der Waals surface area (Å²) in [6, 6.07) is 5.93. The topological polar surface area (TPSA) is 68.0 Å². The molecule has 4 nitrogen and oxygen atoms in total. The number of nitrogens with two attached hydrogens (primary N) is 1. The summed E-state index contributed by atoms with van der Waals surface area (Å²) in [5, 5.41) is 2.46. The Morgan fingerprint density at radius 2 is 2.11 bits per heavy atom. The Hall–Kier alpha value is -1.47. The Morgan fingerprint density at radius 1 is 1.37 bits per heavy atom. The van der Waals surface area contributed by atoms with E-state index in [1.54, 1.807) is 6.07 Å². The molecule has 0 spiro atoms. The highest BCUT2D eigenvalue weighted by Crippen LogP contribution is 2.26. The first-order valence-corrected chi connectivity index (χ1v) is 6.74. The maximum Gasteiger partial charge on any atom is 0.259 e. The van der Waals surface area contributed by atoms with Crippen molar-refractivity contribution < 1.29 is 9.18 Å². The zero-order valence-electron chi connectivity index (χ0n) is 9.45. The number of amides is 1. The maximum atomic E-state index is 13.6. The van der Waals surface area contributed by atoms with Crippen LogP contribution in [0, 0.1) is 5.82 Å². The molecule has 2 aromatic rings. The van der Waals surface area contributed by atoms with E-state index in [9.17, 15) is 9.18 Å². The van der Waals surface area contributed by atoms with Crippen molar-refractivity contribution >= 4 is 49.3 Å². The number of halogens is 3. The second-order valence-electron chi connectivity index (χ2n) is 3.64. The number of nitrogen functional groups attached to an aromatic ring is 1. The van der Waals surface area contributed by atoms with E-state index in [1.807, 2.05) is 0 Å². The number of para-hydroxylation sites is 1. The Kier molecular flexibility index (Phi) is 4.16. The van der Waals surface area contributed by atoms with Gasteiger partial charge in [0.25, 0.3) is 5.91 Å². The van der Waals surface area contributed by atoms with Crippen molar-refractivity contribution in [3.05, 3.63) is 50.8 Å². The highest BCUT2D eigenvalue weighted by molar-refractivity contribution is 9.10. The van der Waals surface area contributed by atoms with Crippen LogP contribution in [-0.2, 0) is 0 Å². The molecule has 2 rings (SSSR count). The van der Waals surface area contributed by atoms with Gasteiger partial charge in [-0.05, 0) is 50.1 Å². The predicted octanol–water partition coefficient (Wildman–Crippen LogP) is 3.58. The van der Waals surface area contributed by atoms with Gasteiger partial charge in [-0.3, -0.25) is 4.79 Å². The number of nitrogens with one attached hydrogen (secondary N) is 1. The lowest BCUT2D eigenvalue weighted by Gasteiger charge is -2.09. The molecule has 19 heavy (non-hydrogen) atoms. The van der Waals surface area contributed by atoms with Gasteiger partial charge in [-0.15, -0.1) is 0 Å². The Bertz CT molecular complexity index is 629. The van der Waals surface area contributed by atoms with Crippen LogP contribution in [0.1, 0.15) is 10.4 Å². The summed E-state index contributed by atoms with van der Waals surface area (Å²) in [4.78, 5) is 15.9. The van der Waals surface area contributed by atoms with Crippen molar-refractivity contribution in [3.8, 4) is 0 Å². The van der Waals surface area contributed by atoms with E-state index in [1.165, 1.54) is 24.4 Å². The van der Waals surface area contributed by atoms with Gasteiger partial charge in [-0.2, -0.15) is 0 Å². The minimum absolute atomic E-state index is 0.0619. The van der Waals surface area contributed by atoms with Crippen molar-refractivity contribution in [2.75, 3.05) is 11.1 Å². The number of benzene rings is 1. The number of anilines is 2. The molecule has 0 radical (unpaired) electrons. The molecule has 98 valence electrons. The van der Waals surface area contributed by atoms with Gasteiger partial charge in [-0.1, -0.05) is 6.07 Å². The molecular formula is C12H8Br2FN3O. The lowest BCUT2D eigenvalue weighted by atomic mass is 10.2. The van der Waals surface area contributed by atoms with Gasteiger partial charge < -0.3 is 11.1 Å². The molecule has 0 saturated heterocycles. The molecule has 7 heteroatoms. The van der Waals surface area contributed by atoms with Crippen LogP contribution in [0.4, 0.5) is 15.9 Å². The van der Waals surface area contributed by atoms with Crippen LogP contribution >= 0.6 is 31.9 Å². The van der Waals surface area contributed by atoms with Gasteiger partial charge >= 0.3 is 0 Å². The third-order valence-electron chi connectivity index (χ3n) is 2.33. The average molecular weight is 389 g/mol. The minimum atomic E-state index is -0.538. The Morgan fingerprint density at radius 3 is 2.79 bits per heavy atom. The Labute approximate surface area is 125 Å². The van der Waals surface area contributed by atoms with E-state index in [0.717, 1.165) is 0 Å². The molecule has 1 aromatic heterocycles. The van der Waals surface area contributed by atoms with E-state index in [-0.39, 0.29) is 17.1 Å². The number of aromatic nitrogens is 1. The third kappa shape index (κ3) is 3.10. The molecule has 0 unspecified atom stereocenters. The number of nitrogens with zero attached hydrogens (tertiary/aromatic N) is 1. The van der Waals surface area contributed by atoms with E-state index in [2.05, 4.69) is 42.2 Å². The van der Waals surface area contributed by atoms with Crippen molar-refractivity contribution in [1.82, 2.24) is 4.98 Å². The van der Waals surface area contributed by atoms with Gasteiger partial charge in [0.05, 0.1) is 11.3 Å². The number of hydrogen-bond acceptors (Lipinski definition) is 3. The highest BCUT2D eigenvalue weighted by atomic mass is 79.9. The first-order valence-electron chi connectivity index (χ1n) is 5.15. The fourth-order valence-electron chi connectivity index (χ4n) is 1.43. The summed E-state index contributed by atoms with van der Waals surface area (Å²) in [5.41, 5.74) is 5.85. The number of carbonyl (C=O) groups excluding carboxylic acids is 1. The second-order valence-corrected chi connectivity index (χ2v) is 5.41. The molecule has 1 heterocycles. The number of pyridine rings is 1. The van der Waals surface area contributed by atoms with Crippen molar-refractivity contribution in [1.29, 1.82) is 0 Å². The van der Waals surface area contributed by atoms with Gasteiger partial charge in [0.15, 0.2) is 0 Å². The molecule has 0 atom stereocenters. The summed E-state index contributed by atoms with van der Waals surface area (Å²) in [7, 11) is 0. The molecule has 0 fully saturated rings. The van der Waals surface area contributed by atoms with E-state index in [0.29, 0.717) is 8.95 Å². The summed E-state index contributed by atoms with van der Waals surface area (Å²) in [5.74, 6) is -0.991. The van der Waals surface area contributed by atoms with Crippen molar-refractivity contribution in [2.45, 2.75) is 0 Å². The molecule has 0 aliphatic carbocycles. The average Bonchev–Trinajstić information content (AvgIpc) is 2.37. The smallest absolute Gasteiger partial charge is 0.259 e. The number of carbonyl (C=O) groups is 1. The molecule has 3 N–H and O–H groups in total. The van der Waals surface area contributed by atoms with Gasteiger partial charge in [0.1, 0.15) is 11.6 Å². The van der Waals surface area contributed by atoms with Crippen LogP contribution in [0.15, 0.2) is 39.4 Å². The molecule has 0 aliphatic heterocycles. The van der Waals surface area contributed by atoms with Crippen LogP contribution in [0.25, 0.3) is 0 Å². The number of hydrogen-bond donors (Lipinski definition) is 2. The highest BCUT2D eigenvalue weighted by Gasteiger charge is 2.15. The first kappa shape index (κ1) is 14.0. The normalized spacial score (nSPS) is 10.3. The summed E-state index contributed by atoms with van der Waals surface area (Å²) in [6.07, 6.45) is 1.48.